The van der Waals surface area contributed by atoms with Crippen molar-refractivity contribution in [1.82, 2.24) is 0 Å². The van der Waals surface area contributed by atoms with E-state index in [-0.39, 0.29) is 5.57 Å². The molecule has 2 N–H and O–H groups in total. The van der Waals surface area contributed by atoms with E-state index in [2.05, 4.69) is 0 Å². The lowest BCUT2D eigenvalue weighted by atomic mass is 9.91. The first-order valence-electron chi connectivity index (χ1n) is 4.92. The standard InChI is InChI=1S/C11H13ClN2O3/c1-10(13)5-6-11(2,14(16)17)4-3-8(7-10)9(12)15/h3-7H,13H2,1-2H3. The number of carbonyl (C=O) groups is 1. The summed E-state index contributed by atoms with van der Waals surface area (Å²) < 4.78 is 0. The highest BCUT2D eigenvalue weighted by Gasteiger charge is 2.33. The fourth-order valence-electron chi connectivity index (χ4n) is 1.34. The van der Waals surface area contributed by atoms with Crippen LogP contribution < -0.4 is 5.73 Å². The molecule has 2 unspecified atom stereocenters. The van der Waals surface area contributed by atoms with Crippen molar-refractivity contribution in [3.05, 3.63) is 46.1 Å². The van der Waals surface area contributed by atoms with Crippen molar-refractivity contribution in [3.63, 3.8) is 0 Å². The highest BCUT2D eigenvalue weighted by Crippen LogP contribution is 2.22. The predicted octanol–water partition coefficient (Wildman–Crippen LogP) is 1.56. The molecule has 0 aliphatic heterocycles. The van der Waals surface area contributed by atoms with Crippen molar-refractivity contribution < 1.29 is 9.72 Å². The number of nitrogens with two attached hydrogens (primary N) is 1. The lowest BCUT2D eigenvalue weighted by molar-refractivity contribution is -0.535. The molecule has 0 saturated heterocycles. The first kappa shape index (κ1) is 13.6. The van der Waals surface area contributed by atoms with Gasteiger partial charge in [-0.25, -0.2) is 0 Å². The van der Waals surface area contributed by atoms with Gasteiger partial charge < -0.3 is 5.73 Å². The van der Waals surface area contributed by atoms with Crippen LogP contribution in [-0.2, 0) is 4.79 Å². The minimum absolute atomic E-state index is 0.147. The first-order valence-corrected chi connectivity index (χ1v) is 5.30. The van der Waals surface area contributed by atoms with Gasteiger partial charge in [0.25, 0.3) is 10.8 Å². The Balaban J connectivity index is 3.33. The summed E-state index contributed by atoms with van der Waals surface area (Å²) in [6, 6.07) is 0. The van der Waals surface area contributed by atoms with Gasteiger partial charge >= 0.3 is 0 Å². The van der Waals surface area contributed by atoms with Crippen LogP contribution >= 0.6 is 11.6 Å². The summed E-state index contributed by atoms with van der Waals surface area (Å²) in [4.78, 5) is 21.6. The molecule has 17 heavy (non-hydrogen) atoms. The number of halogens is 1. The summed E-state index contributed by atoms with van der Waals surface area (Å²) in [6.45, 7) is 3.04. The molecular formula is C11H13ClN2O3. The lowest BCUT2D eigenvalue weighted by Crippen LogP contribution is -2.36. The number of hydrogen-bond acceptors (Lipinski definition) is 4. The average molecular weight is 257 g/mol. The Morgan fingerprint density at radius 3 is 2.47 bits per heavy atom. The van der Waals surface area contributed by atoms with Crippen LogP contribution in [0.2, 0.25) is 0 Å². The molecule has 0 aromatic carbocycles. The van der Waals surface area contributed by atoms with Gasteiger partial charge in [0, 0.05) is 17.4 Å². The van der Waals surface area contributed by atoms with Gasteiger partial charge in [0.1, 0.15) is 0 Å². The average Bonchev–Trinajstić information content (AvgIpc) is 2.19. The molecule has 1 aliphatic carbocycles. The molecule has 0 saturated carbocycles. The SMILES string of the molecule is CC1(N)C=CC(C)([N+](=O)[O-])C=CC(C(=O)Cl)=C1. The van der Waals surface area contributed by atoms with Gasteiger partial charge in [-0.2, -0.15) is 0 Å². The highest BCUT2D eigenvalue weighted by molar-refractivity contribution is 6.68. The van der Waals surface area contributed by atoms with E-state index in [0.29, 0.717) is 0 Å². The van der Waals surface area contributed by atoms with Crippen LogP contribution in [0.25, 0.3) is 0 Å². The molecular weight excluding hydrogens is 244 g/mol. The van der Waals surface area contributed by atoms with Gasteiger partial charge in [-0.1, -0.05) is 6.08 Å². The summed E-state index contributed by atoms with van der Waals surface area (Å²) in [7, 11) is 0. The number of hydrogen-bond donors (Lipinski definition) is 1. The minimum Gasteiger partial charge on any atom is -0.319 e. The summed E-state index contributed by atoms with van der Waals surface area (Å²) in [5.74, 6) is 0. The van der Waals surface area contributed by atoms with E-state index in [1.54, 1.807) is 6.92 Å². The summed E-state index contributed by atoms with van der Waals surface area (Å²) in [5, 5.41) is 10.3. The molecule has 0 bridgehead atoms. The second kappa shape index (κ2) is 4.43. The molecule has 0 aromatic rings. The Morgan fingerprint density at radius 2 is 2.00 bits per heavy atom. The summed E-state index contributed by atoms with van der Waals surface area (Å²) in [5.41, 5.74) is 3.66. The van der Waals surface area contributed by atoms with E-state index in [0.717, 1.165) is 0 Å². The van der Waals surface area contributed by atoms with Gasteiger partial charge in [0.05, 0.1) is 5.54 Å². The zero-order chi connectivity index (χ0) is 13.3. The maximum atomic E-state index is 11.1. The Morgan fingerprint density at radius 1 is 1.41 bits per heavy atom. The van der Waals surface area contributed by atoms with E-state index in [4.69, 9.17) is 17.3 Å². The van der Waals surface area contributed by atoms with E-state index in [1.165, 1.54) is 37.3 Å². The van der Waals surface area contributed by atoms with Crippen LogP contribution in [0.15, 0.2) is 36.0 Å². The lowest BCUT2D eigenvalue weighted by Gasteiger charge is -2.21. The maximum absolute atomic E-state index is 11.1. The zero-order valence-electron chi connectivity index (χ0n) is 9.51. The zero-order valence-corrected chi connectivity index (χ0v) is 10.3. The number of rotatable bonds is 2. The van der Waals surface area contributed by atoms with Crippen molar-refractivity contribution in [2.24, 2.45) is 5.73 Å². The molecule has 0 fully saturated rings. The summed E-state index contributed by atoms with van der Waals surface area (Å²) in [6.07, 6.45) is 6.99. The molecule has 0 amide bonds. The Kier molecular flexibility index (Phi) is 3.54. The highest BCUT2D eigenvalue weighted by atomic mass is 35.5. The molecule has 0 aromatic heterocycles. The molecule has 92 valence electrons. The van der Waals surface area contributed by atoms with Gasteiger partial charge in [0.15, 0.2) is 0 Å². The van der Waals surface area contributed by atoms with Crippen molar-refractivity contribution in [2.45, 2.75) is 24.9 Å². The van der Waals surface area contributed by atoms with Gasteiger partial charge in [-0.05, 0) is 42.8 Å². The van der Waals surface area contributed by atoms with E-state index in [1.807, 2.05) is 0 Å². The van der Waals surface area contributed by atoms with Crippen LogP contribution in [0.1, 0.15) is 13.8 Å². The number of allylic oxidation sites excluding steroid dienone is 2. The monoisotopic (exact) mass is 256 g/mol. The van der Waals surface area contributed by atoms with E-state index < -0.39 is 21.2 Å². The van der Waals surface area contributed by atoms with Crippen LogP contribution in [-0.4, -0.2) is 21.2 Å². The molecule has 5 nitrogen and oxygen atoms in total. The Hall–Kier alpha value is -1.46. The molecule has 0 radical (unpaired) electrons. The van der Waals surface area contributed by atoms with Gasteiger partial charge in [-0.15, -0.1) is 0 Å². The van der Waals surface area contributed by atoms with Crippen LogP contribution in [0.3, 0.4) is 0 Å². The first-order chi connectivity index (χ1) is 7.66. The normalized spacial score (nSPS) is 32.6. The van der Waals surface area contributed by atoms with Crippen molar-refractivity contribution in [3.8, 4) is 0 Å². The predicted molar refractivity (Wildman–Crippen MR) is 65.2 cm³/mol. The number of nitro groups is 1. The topological polar surface area (TPSA) is 86.2 Å². The minimum atomic E-state index is -1.40. The molecule has 6 heteroatoms. The van der Waals surface area contributed by atoms with Crippen LogP contribution in [0.5, 0.6) is 0 Å². The molecule has 1 rings (SSSR count). The molecule has 0 spiro atoms. The van der Waals surface area contributed by atoms with E-state index >= 15 is 0 Å². The fourth-order valence-corrected chi connectivity index (χ4v) is 1.46. The Bertz CT molecular complexity index is 452. The third-order valence-corrected chi connectivity index (χ3v) is 2.69. The van der Waals surface area contributed by atoms with Crippen molar-refractivity contribution >= 4 is 16.8 Å². The van der Waals surface area contributed by atoms with Crippen molar-refractivity contribution in [2.75, 3.05) is 0 Å². The smallest absolute Gasteiger partial charge is 0.256 e. The number of carbonyl (C=O) groups excluding carboxylic acids is 1. The number of nitrogens with zero attached hydrogens (tertiary/aromatic N) is 1. The van der Waals surface area contributed by atoms with E-state index in [9.17, 15) is 14.9 Å². The maximum Gasteiger partial charge on any atom is 0.256 e. The largest absolute Gasteiger partial charge is 0.319 e. The second-order valence-electron chi connectivity index (χ2n) is 4.39. The molecule has 0 heterocycles. The third-order valence-electron chi connectivity index (χ3n) is 2.47. The van der Waals surface area contributed by atoms with Crippen LogP contribution in [0.4, 0.5) is 0 Å². The van der Waals surface area contributed by atoms with Gasteiger partial charge in [-0.3, -0.25) is 14.9 Å². The quantitative estimate of drug-likeness (QED) is 0.352. The molecule has 2 atom stereocenters. The fraction of sp³-hybridized carbons (Fsp3) is 0.364. The summed E-state index contributed by atoms with van der Waals surface area (Å²) >= 11 is 5.37. The second-order valence-corrected chi connectivity index (χ2v) is 4.73. The van der Waals surface area contributed by atoms with Crippen LogP contribution in [0, 0.1) is 10.1 Å². The molecule has 1 aliphatic rings. The van der Waals surface area contributed by atoms with Crippen molar-refractivity contribution in [1.29, 1.82) is 0 Å². The third kappa shape index (κ3) is 3.25. The Labute approximate surface area is 104 Å². The van der Waals surface area contributed by atoms with Gasteiger partial charge in [0.2, 0.25) is 0 Å².